The van der Waals surface area contributed by atoms with Crippen LogP contribution in [0.5, 0.6) is 0 Å². The number of carboxylic acid groups (broad SMARTS) is 1. The van der Waals surface area contributed by atoms with Crippen molar-refractivity contribution in [2.45, 2.75) is 45.7 Å². The standard InChI is InChI=1S/C10H20N2O3/c1-4-5-6-12(8(3)10(14)15)9(13)7(2)11/h7-8H,4-6,11H2,1-3H3,(H,14,15)/t7-,8-/m0/s1. The molecule has 0 aliphatic rings. The first kappa shape index (κ1) is 13.9. The first-order chi connectivity index (χ1) is 6.91. The molecule has 0 aromatic carbocycles. The van der Waals surface area contributed by atoms with Gasteiger partial charge < -0.3 is 15.7 Å². The fraction of sp³-hybridized carbons (Fsp3) is 0.800. The number of nitrogens with two attached hydrogens (primary N) is 1. The molecule has 0 bridgehead atoms. The molecule has 5 nitrogen and oxygen atoms in total. The van der Waals surface area contributed by atoms with Crippen molar-refractivity contribution in [3.63, 3.8) is 0 Å². The molecule has 0 rings (SSSR count). The van der Waals surface area contributed by atoms with Crippen LogP contribution in [-0.2, 0) is 9.59 Å². The van der Waals surface area contributed by atoms with E-state index in [1.807, 2.05) is 6.92 Å². The van der Waals surface area contributed by atoms with Gasteiger partial charge in [0.05, 0.1) is 6.04 Å². The van der Waals surface area contributed by atoms with Gasteiger partial charge in [0.2, 0.25) is 5.91 Å². The number of rotatable bonds is 6. The fourth-order valence-corrected chi connectivity index (χ4v) is 1.22. The van der Waals surface area contributed by atoms with E-state index in [1.165, 1.54) is 11.8 Å². The van der Waals surface area contributed by atoms with Gasteiger partial charge in [0, 0.05) is 6.54 Å². The van der Waals surface area contributed by atoms with Gasteiger partial charge in [0.15, 0.2) is 0 Å². The summed E-state index contributed by atoms with van der Waals surface area (Å²) < 4.78 is 0. The number of aliphatic carboxylic acids is 1. The molecule has 0 heterocycles. The number of carbonyl (C=O) groups excluding carboxylic acids is 1. The van der Waals surface area contributed by atoms with Crippen molar-refractivity contribution in [2.75, 3.05) is 6.54 Å². The summed E-state index contributed by atoms with van der Waals surface area (Å²) in [6.07, 6.45) is 1.70. The molecular formula is C10H20N2O3. The lowest BCUT2D eigenvalue weighted by Gasteiger charge is -2.27. The molecule has 5 heteroatoms. The van der Waals surface area contributed by atoms with Gasteiger partial charge in [-0.05, 0) is 20.3 Å². The normalized spacial score (nSPS) is 14.4. The zero-order chi connectivity index (χ0) is 12.0. The third kappa shape index (κ3) is 4.29. The third-order valence-electron chi connectivity index (χ3n) is 2.25. The van der Waals surface area contributed by atoms with Crippen LogP contribution in [0.4, 0.5) is 0 Å². The molecule has 88 valence electrons. The molecule has 0 aliphatic heterocycles. The molecule has 3 N–H and O–H groups in total. The van der Waals surface area contributed by atoms with Crippen molar-refractivity contribution in [2.24, 2.45) is 5.73 Å². The predicted octanol–water partition coefficient (Wildman–Crippen LogP) is 0.435. The molecule has 0 aliphatic carbocycles. The summed E-state index contributed by atoms with van der Waals surface area (Å²) >= 11 is 0. The third-order valence-corrected chi connectivity index (χ3v) is 2.25. The molecule has 0 saturated heterocycles. The van der Waals surface area contributed by atoms with Crippen LogP contribution in [-0.4, -0.2) is 40.5 Å². The summed E-state index contributed by atoms with van der Waals surface area (Å²) in [7, 11) is 0. The minimum absolute atomic E-state index is 0.307. The number of carboxylic acids is 1. The van der Waals surface area contributed by atoms with E-state index in [1.54, 1.807) is 6.92 Å². The maximum absolute atomic E-state index is 11.6. The van der Waals surface area contributed by atoms with Crippen LogP contribution >= 0.6 is 0 Å². The molecular weight excluding hydrogens is 196 g/mol. The molecule has 2 atom stereocenters. The Bertz CT molecular complexity index is 229. The van der Waals surface area contributed by atoms with Gasteiger partial charge >= 0.3 is 5.97 Å². The van der Waals surface area contributed by atoms with Gasteiger partial charge in [-0.3, -0.25) is 4.79 Å². The molecule has 15 heavy (non-hydrogen) atoms. The number of carbonyl (C=O) groups is 2. The highest BCUT2D eigenvalue weighted by Gasteiger charge is 2.26. The molecule has 0 aromatic rings. The van der Waals surface area contributed by atoms with E-state index in [0.29, 0.717) is 6.54 Å². The highest BCUT2D eigenvalue weighted by Crippen LogP contribution is 2.05. The van der Waals surface area contributed by atoms with Crippen molar-refractivity contribution in [1.29, 1.82) is 0 Å². The summed E-state index contributed by atoms with van der Waals surface area (Å²) in [6.45, 7) is 5.50. The first-order valence-corrected chi connectivity index (χ1v) is 5.20. The van der Waals surface area contributed by atoms with Crippen molar-refractivity contribution in [3.8, 4) is 0 Å². The van der Waals surface area contributed by atoms with Gasteiger partial charge in [0.25, 0.3) is 0 Å². The molecule has 0 spiro atoms. The summed E-state index contributed by atoms with van der Waals surface area (Å²) in [4.78, 5) is 23.8. The van der Waals surface area contributed by atoms with Gasteiger partial charge in [-0.25, -0.2) is 4.79 Å². The van der Waals surface area contributed by atoms with E-state index in [2.05, 4.69) is 0 Å². The largest absolute Gasteiger partial charge is 0.480 e. The molecule has 0 unspecified atom stereocenters. The van der Waals surface area contributed by atoms with Crippen molar-refractivity contribution in [1.82, 2.24) is 4.90 Å². The van der Waals surface area contributed by atoms with E-state index >= 15 is 0 Å². The Morgan fingerprint density at radius 2 is 1.93 bits per heavy atom. The van der Waals surface area contributed by atoms with E-state index < -0.39 is 18.1 Å². The van der Waals surface area contributed by atoms with Gasteiger partial charge in [-0.1, -0.05) is 13.3 Å². The Balaban J connectivity index is 4.56. The van der Waals surface area contributed by atoms with E-state index in [4.69, 9.17) is 10.8 Å². The van der Waals surface area contributed by atoms with Gasteiger partial charge in [-0.2, -0.15) is 0 Å². The van der Waals surface area contributed by atoms with Crippen LogP contribution in [0.15, 0.2) is 0 Å². The number of hydrogen-bond acceptors (Lipinski definition) is 3. The fourth-order valence-electron chi connectivity index (χ4n) is 1.22. The minimum Gasteiger partial charge on any atom is -0.480 e. The SMILES string of the molecule is CCCCN(C(=O)[C@H](C)N)[C@@H](C)C(=O)O. The summed E-state index contributed by atoms with van der Waals surface area (Å²) in [5, 5.41) is 8.85. The summed E-state index contributed by atoms with van der Waals surface area (Å²) in [5.41, 5.74) is 5.46. The Morgan fingerprint density at radius 1 is 1.40 bits per heavy atom. The second kappa shape index (κ2) is 6.40. The second-order valence-electron chi connectivity index (χ2n) is 3.69. The quantitative estimate of drug-likeness (QED) is 0.674. The minimum atomic E-state index is -1.000. The maximum atomic E-state index is 11.6. The highest BCUT2D eigenvalue weighted by atomic mass is 16.4. The van der Waals surface area contributed by atoms with Gasteiger partial charge in [0.1, 0.15) is 6.04 Å². The van der Waals surface area contributed by atoms with E-state index in [9.17, 15) is 9.59 Å². The van der Waals surface area contributed by atoms with Crippen molar-refractivity contribution in [3.05, 3.63) is 0 Å². The highest BCUT2D eigenvalue weighted by molar-refractivity contribution is 5.86. The number of amides is 1. The molecule has 0 saturated carbocycles. The lowest BCUT2D eigenvalue weighted by atomic mass is 10.2. The van der Waals surface area contributed by atoms with Crippen molar-refractivity contribution < 1.29 is 14.7 Å². The Labute approximate surface area is 90.2 Å². The van der Waals surface area contributed by atoms with Crippen LogP contribution in [0.2, 0.25) is 0 Å². The van der Waals surface area contributed by atoms with Crippen LogP contribution in [0.3, 0.4) is 0 Å². The number of unbranched alkanes of at least 4 members (excludes halogenated alkanes) is 1. The summed E-state index contributed by atoms with van der Waals surface area (Å²) in [5.74, 6) is -1.31. The van der Waals surface area contributed by atoms with E-state index in [0.717, 1.165) is 12.8 Å². The molecule has 0 radical (unpaired) electrons. The van der Waals surface area contributed by atoms with Crippen LogP contribution in [0, 0.1) is 0 Å². The maximum Gasteiger partial charge on any atom is 0.326 e. The summed E-state index contributed by atoms with van der Waals surface area (Å²) in [6, 6.07) is -1.46. The van der Waals surface area contributed by atoms with Crippen LogP contribution < -0.4 is 5.73 Å². The van der Waals surface area contributed by atoms with Crippen LogP contribution in [0.1, 0.15) is 33.6 Å². The Morgan fingerprint density at radius 3 is 2.27 bits per heavy atom. The van der Waals surface area contributed by atoms with Crippen LogP contribution in [0.25, 0.3) is 0 Å². The molecule has 1 amide bonds. The monoisotopic (exact) mass is 216 g/mol. The van der Waals surface area contributed by atoms with E-state index in [-0.39, 0.29) is 5.91 Å². The average Bonchev–Trinajstić information content (AvgIpc) is 2.17. The lowest BCUT2D eigenvalue weighted by molar-refractivity contribution is -0.149. The van der Waals surface area contributed by atoms with Crippen molar-refractivity contribution >= 4 is 11.9 Å². The topological polar surface area (TPSA) is 83.6 Å². The number of hydrogen-bond donors (Lipinski definition) is 2. The van der Waals surface area contributed by atoms with Gasteiger partial charge in [-0.15, -0.1) is 0 Å². The predicted molar refractivity (Wildman–Crippen MR) is 57.4 cm³/mol. The lowest BCUT2D eigenvalue weighted by Crippen LogP contribution is -2.49. The zero-order valence-electron chi connectivity index (χ0n) is 9.56. The average molecular weight is 216 g/mol. The second-order valence-corrected chi connectivity index (χ2v) is 3.69. The first-order valence-electron chi connectivity index (χ1n) is 5.20. The molecule has 0 fully saturated rings. The number of nitrogens with zero attached hydrogens (tertiary/aromatic N) is 1. The zero-order valence-corrected chi connectivity index (χ0v) is 9.56. The molecule has 0 aromatic heterocycles. The smallest absolute Gasteiger partial charge is 0.326 e. The Kier molecular flexibility index (Phi) is 5.93. The Hall–Kier alpha value is -1.10.